The van der Waals surface area contributed by atoms with Gasteiger partial charge in [-0.15, -0.1) is 0 Å². The summed E-state index contributed by atoms with van der Waals surface area (Å²) in [5.41, 5.74) is 1.22. The summed E-state index contributed by atoms with van der Waals surface area (Å²) in [6.45, 7) is 10.5. The summed E-state index contributed by atoms with van der Waals surface area (Å²) in [6, 6.07) is 8.50. The second kappa shape index (κ2) is 7.65. The third kappa shape index (κ3) is 4.46. The molecule has 0 bridgehead atoms. The Labute approximate surface area is 140 Å². The van der Waals surface area contributed by atoms with E-state index in [1.165, 1.54) is 5.56 Å². The molecule has 1 heterocycles. The topological polar surface area (TPSA) is 30.9 Å². The van der Waals surface area contributed by atoms with Gasteiger partial charge in [0.15, 0.2) is 0 Å². The number of piperidine rings is 1. The van der Waals surface area contributed by atoms with Gasteiger partial charge in [-0.05, 0) is 38.0 Å². The van der Waals surface area contributed by atoms with Crippen LogP contribution in [0.5, 0.6) is 5.75 Å². The Morgan fingerprint density at radius 1 is 1.17 bits per heavy atom. The fraction of sp³-hybridized carbons (Fsp3) is 0.684. The van der Waals surface area contributed by atoms with Crippen LogP contribution in [0.4, 0.5) is 0 Å². The third-order valence-corrected chi connectivity index (χ3v) is 4.70. The molecule has 0 aromatic heterocycles. The zero-order chi connectivity index (χ0) is 17.0. The molecule has 1 aromatic rings. The number of hydrogen-bond acceptors (Lipinski definition) is 4. The number of nitrogens with zero attached hydrogens (tertiary/aromatic N) is 1. The molecule has 2 rings (SSSR count). The van der Waals surface area contributed by atoms with E-state index in [1.807, 2.05) is 12.1 Å². The average molecular weight is 321 g/mol. The summed E-state index contributed by atoms with van der Waals surface area (Å²) in [7, 11) is 3.49. The number of hydrogen-bond donors (Lipinski definition) is 0. The lowest BCUT2D eigenvalue weighted by molar-refractivity contribution is -0.191. The maximum Gasteiger partial charge on any atom is 0.118 e. The molecular formula is C19H31NO3. The van der Waals surface area contributed by atoms with Gasteiger partial charge in [-0.25, -0.2) is 0 Å². The lowest BCUT2D eigenvalue weighted by Crippen LogP contribution is -2.58. The second-order valence-corrected chi connectivity index (χ2v) is 7.35. The van der Waals surface area contributed by atoms with Gasteiger partial charge < -0.3 is 14.2 Å². The van der Waals surface area contributed by atoms with Crippen molar-refractivity contribution in [1.29, 1.82) is 0 Å². The van der Waals surface area contributed by atoms with Crippen molar-refractivity contribution in [2.24, 2.45) is 5.41 Å². The van der Waals surface area contributed by atoms with Gasteiger partial charge in [0.25, 0.3) is 0 Å². The molecule has 1 aliphatic heterocycles. The minimum absolute atomic E-state index is 0.0513. The molecule has 1 saturated heterocycles. The highest BCUT2D eigenvalue weighted by Crippen LogP contribution is 2.38. The van der Waals surface area contributed by atoms with E-state index in [0.717, 1.165) is 18.7 Å². The Balaban J connectivity index is 2.07. The Bertz CT molecular complexity index is 484. The van der Waals surface area contributed by atoms with Crippen LogP contribution in [0.1, 0.15) is 39.7 Å². The molecule has 130 valence electrons. The fourth-order valence-corrected chi connectivity index (χ4v) is 3.39. The van der Waals surface area contributed by atoms with Crippen LogP contribution >= 0.6 is 0 Å². The molecule has 2 atom stereocenters. The van der Waals surface area contributed by atoms with Crippen LogP contribution in [0.3, 0.4) is 0 Å². The van der Waals surface area contributed by atoms with Gasteiger partial charge in [0.1, 0.15) is 12.0 Å². The molecular weight excluding hydrogens is 290 g/mol. The molecule has 4 heteroatoms. The SMILES string of the molecule is COc1ccc(CO[C@@H]2N(C(C)C)C[C@@H](OC)CC2(C)C)cc1. The van der Waals surface area contributed by atoms with Gasteiger partial charge in [-0.1, -0.05) is 26.0 Å². The lowest BCUT2D eigenvalue weighted by Gasteiger charge is -2.50. The summed E-state index contributed by atoms with van der Waals surface area (Å²) < 4.78 is 17.2. The summed E-state index contributed by atoms with van der Waals surface area (Å²) in [5.74, 6) is 0.874. The molecule has 0 spiro atoms. The summed E-state index contributed by atoms with van der Waals surface area (Å²) >= 11 is 0. The molecule has 1 fully saturated rings. The Morgan fingerprint density at radius 3 is 2.35 bits per heavy atom. The molecule has 1 aromatic carbocycles. The maximum absolute atomic E-state index is 6.35. The van der Waals surface area contributed by atoms with Crippen LogP contribution in [0, 0.1) is 5.41 Å². The van der Waals surface area contributed by atoms with Crippen LogP contribution in [-0.2, 0) is 16.1 Å². The van der Waals surface area contributed by atoms with Crippen molar-refractivity contribution in [3.63, 3.8) is 0 Å². The van der Waals surface area contributed by atoms with Crippen molar-refractivity contribution in [1.82, 2.24) is 4.90 Å². The van der Waals surface area contributed by atoms with Crippen molar-refractivity contribution in [3.05, 3.63) is 29.8 Å². The van der Waals surface area contributed by atoms with Crippen molar-refractivity contribution in [2.45, 2.75) is 59.1 Å². The van der Waals surface area contributed by atoms with Crippen molar-refractivity contribution in [2.75, 3.05) is 20.8 Å². The molecule has 0 unspecified atom stereocenters. The van der Waals surface area contributed by atoms with E-state index in [9.17, 15) is 0 Å². The lowest BCUT2D eigenvalue weighted by atomic mass is 9.80. The van der Waals surface area contributed by atoms with Crippen LogP contribution in [-0.4, -0.2) is 44.0 Å². The Morgan fingerprint density at radius 2 is 1.83 bits per heavy atom. The van der Waals surface area contributed by atoms with Crippen molar-refractivity contribution >= 4 is 0 Å². The van der Waals surface area contributed by atoms with Crippen LogP contribution in [0.25, 0.3) is 0 Å². The van der Waals surface area contributed by atoms with Crippen LogP contribution < -0.4 is 4.74 Å². The first-order chi connectivity index (χ1) is 10.9. The monoisotopic (exact) mass is 321 g/mol. The molecule has 23 heavy (non-hydrogen) atoms. The minimum atomic E-state index is 0.0513. The number of ether oxygens (including phenoxy) is 3. The summed E-state index contributed by atoms with van der Waals surface area (Å²) in [6.07, 6.45) is 1.38. The summed E-state index contributed by atoms with van der Waals surface area (Å²) in [4.78, 5) is 2.42. The van der Waals surface area contributed by atoms with E-state index in [2.05, 4.69) is 44.7 Å². The van der Waals surface area contributed by atoms with E-state index in [1.54, 1.807) is 14.2 Å². The number of benzene rings is 1. The van der Waals surface area contributed by atoms with Gasteiger partial charge >= 0.3 is 0 Å². The molecule has 0 N–H and O–H groups in total. The third-order valence-electron chi connectivity index (χ3n) is 4.70. The smallest absolute Gasteiger partial charge is 0.118 e. The van der Waals surface area contributed by atoms with Gasteiger partial charge in [0.2, 0.25) is 0 Å². The Kier molecular flexibility index (Phi) is 6.06. The predicted octanol–water partition coefficient (Wildman–Crippen LogP) is 3.69. The van der Waals surface area contributed by atoms with Gasteiger partial charge in [-0.2, -0.15) is 0 Å². The van der Waals surface area contributed by atoms with E-state index < -0.39 is 0 Å². The normalized spacial score (nSPS) is 24.8. The van der Waals surface area contributed by atoms with E-state index in [-0.39, 0.29) is 17.7 Å². The standard InChI is InChI=1S/C19H31NO3/c1-14(2)20-12-17(22-6)11-19(3,4)18(20)23-13-15-7-9-16(21-5)10-8-15/h7-10,14,17-18H,11-13H2,1-6H3/t17-,18-/m0/s1. The van der Waals surface area contributed by atoms with Gasteiger partial charge in [0, 0.05) is 25.1 Å². The van der Waals surface area contributed by atoms with E-state index >= 15 is 0 Å². The number of likely N-dealkylation sites (tertiary alicyclic amines) is 1. The molecule has 0 amide bonds. The van der Waals surface area contributed by atoms with Crippen molar-refractivity contribution < 1.29 is 14.2 Å². The number of rotatable bonds is 6. The molecule has 0 aliphatic carbocycles. The average Bonchev–Trinajstić information content (AvgIpc) is 2.52. The highest BCUT2D eigenvalue weighted by molar-refractivity contribution is 5.26. The first-order valence-corrected chi connectivity index (χ1v) is 8.40. The molecule has 0 saturated carbocycles. The number of methoxy groups -OCH3 is 2. The van der Waals surface area contributed by atoms with E-state index in [0.29, 0.717) is 12.6 Å². The molecule has 4 nitrogen and oxygen atoms in total. The van der Waals surface area contributed by atoms with Crippen LogP contribution in [0.2, 0.25) is 0 Å². The van der Waals surface area contributed by atoms with Crippen molar-refractivity contribution in [3.8, 4) is 5.75 Å². The highest BCUT2D eigenvalue weighted by atomic mass is 16.5. The van der Waals surface area contributed by atoms with Crippen LogP contribution in [0.15, 0.2) is 24.3 Å². The molecule has 0 radical (unpaired) electrons. The minimum Gasteiger partial charge on any atom is -0.497 e. The zero-order valence-electron chi connectivity index (χ0n) is 15.3. The van der Waals surface area contributed by atoms with Gasteiger partial charge in [0.05, 0.1) is 19.8 Å². The Hall–Kier alpha value is -1.10. The molecule has 1 aliphatic rings. The summed E-state index contributed by atoms with van der Waals surface area (Å²) in [5, 5.41) is 0. The predicted molar refractivity (Wildman–Crippen MR) is 92.6 cm³/mol. The second-order valence-electron chi connectivity index (χ2n) is 7.35. The van der Waals surface area contributed by atoms with Gasteiger partial charge in [-0.3, -0.25) is 4.90 Å². The maximum atomic E-state index is 6.35. The largest absolute Gasteiger partial charge is 0.497 e. The van der Waals surface area contributed by atoms with E-state index in [4.69, 9.17) is 14.2 Å². The first-order valence-electron chi connectivity index (χ1n) is 8.40. The first kappa shape index (κ1) is 18.2. The highest BCUT2D eigenvalue weighted by Gasteiger charge is 2.43. The quantitative estimate of drug-likeness (QED) is 0.799. The fourth-order valence-electron chi connectivity index (χ4n) is 3.39. The zero-order valence-corrected chi connectivity index (χ0v) is 15.3.